The largest absolute Gasteiger partial charge is 0.522 e. The number of ether oxygens (including phenoxy) is 2. The number of hydrogen-bond donors (Lipinski definition) is 0. The van der Waals surface area contributed by atoms with Crippen LogP contribution >= 0.6 is 0 Å². The van der Waals surface area contributed by atoms with E-state index in [1.807, 2.05) is 0 Å². The maximum absolute atomic E-state index is 12.9. The number of carbonyl (C=O) groups is 1. The molecule has 0 aliphatic rings. The summed E-state index contributed by atoms with van der Waals surface area (Å²) >= 11 is 0. The lowest BCUT2D eigenvalue weighted by Gasteiger charge is -2.09. The smallest absolute Gasteiger partial charge is 0.423 e. The first-order valence-corrected chi connectivity index (χ1v) is 8.18. The minimum absolute atomic E-state index is 0.229. The van der Waals surface area contributed by atoms with E-state index < -0.39 is 24.8 Å². The Bertz CT molecular complexity index is 931. The molecule has 28 heavy (non-hydrogen) atoms. The summed E-state index contributed by atoms with van der Waals surface area (Å²) in [5.74, 6) is -0.787. The molecular formula is C21H14F4O3. The lowest BCUT2D eigenvalue weighted by Crippen LogP contribution is -2.12. The molecule has 144 valence electrons. The van der Waals surface area contributed by atoms with E-state index in [4.69, 9.17) is 4.74 Å². The Morgan fingerprint density at radius 3 is 1.86 bits per heavy atom. The van der Waals surface area contributed by atoms with Crippen LogP contribution in [0.15, 0.2) is 72.8 Å². The van der Waals surface area contributed by atoms with E-state index in [0.29, 0.717) is 11.1 Å². The van der Waals surface area contributed by atoms with Gasteiger partial charge in [-0.05, 0) is 53.1 Å². The molecule has 0 radical (unpaired) electrons. The highest BCUT2D eigenvalue weighted by Gasteiger charge is 2.28. The maximum Gasteiger partial charge on any atom is 0.522 e. The second-order valence-electron chi connectivity index (χ2n) is 5.85. The van der Waals surface area contributed by atoms with Crippen molar-refractivity contribution in [3.8, 4) is 16.9 Å². The summed E-state index contributed by atoms with van der Waals surface area (Å²) < 4.78 is 58.0. The number of rotatable bonds is 5. The van der Waals surface area contributed by atoms with Gasteiger partial charge in [0.25, 0.3) is 0 Å². The predicted molar refractivity (Wildman–Crippen MR) is 94.1 cm³/mol. The zero-order chi connectivity index (χ0) is 20.1. The van der Waals surface area contributed by atoms with Crippen LogP contribution in [-0.2, 0) is 11.3 Å². The molecular weight excluding hydrogens is 376 g/mol. The number of alkyl halides is 3. The first-order chi connectivity index (χ1) is 13.3. The third-order valence-electron chi connectivity index (χ3n) is 3.83. The SMILES string of the molecule is O=C(Oc1ccc(F)cc1)c1ccc(-c2ccc(COC(F)(F)F)cc2)cc1. The van der Waals surface area contributed by atoms with Gasteiger partial charge in [0.05, 0.1) is 12.2 Å². The number of carbonyl (C=O) groups excluding carboxylic acids is 1. The topological polar surface area (TPSA) is 35.5 Å². The Kier molecular flexibility index (Phi) is 5.75. The summed E-state index contributed by atoms with van der Waals surface area (Å²) in [6.45, 7) is -0.558. The monoisotopic (exact) mass is 390 g/mol. The molecule has 3 rings (SSSR count). The van der Waals surface area contributed by atoms with Crippen molar-refractivity contribution in [2.75, 3.05) is 0 Å². The van der Waals surface area contributed by atoms with Crippen molar-refractivity contribution >= 4 is 5.97 Å². The summed E-state index contributed by atoms with van der Waals surface area (Å²) in [4.78, 5) is 12.1. The van der Waals surface area contributed by atoms with Gasteiger partial charge in [0.2, 0.25) is 0 Å². The minimum atomic E-state index is -4.67. The Morgan fingerprint density at radius 1 is 0.786 bits per heavy atom. The van der Waals surface area contributed by atoms with Crippen LogP contribution in [0.2, 0.25) is 0 Å². The van der Waals surface area contributed by atoms with Gasteiger partial charge in [-0.2, -0.15) is 0 Å². The zero-order valence-electron chi connectivity index (χ0n) is 14.4. The summed E-state index contributed by atoms with van der Waals surface area (Å²) in [5.41, 5.74) is 2.25. The van der Waals surface area contributed by atoms with Crippen LogP contribution in [0.5, 0.6) is 5.75 Å². The van der Waals surface area contributed by atoms with Gasteiger partial charge < -0.3 is 4.74 Å². The highest BCUT2D eigenvalue weighted by Crippen LogP contribution is 2.23. The highest BCUT2D eigenvalue weighted by molar-refractivity contribution is 5.91. The highest BCUT2D eigenvalue weighted by atomic mass is 19.4. The molecule has 0 N–H and O–H groups in total. The van der Waals surface area contributed by atoms with Gasteiger partial charge >= 0.3 is 12.3 Å². The third kappa shape index (κ3) is 5.40. The fourth-order valence-electron chi connectivity index (χ4n) is 2.43. The summed E-state index contributed by atoms with van der Waals surface area (Å²) in [5, 5.41) is 0. The molecule has 3 aromatic carbocycles. The summed E-state index contributed by atoms with van der Waals surface area (Å²) in [6, 6.07) is 18.0. The van der Waals surface area contributed by atoms with Crippen LogP contribution in [0.4, 0.5) is 17.6 Å². The Morgan fingerprint density at radius 2 is 1.32 bits per heavy atom. The average molecular weight is 390 g/mol. The van der Waals surface area contributed by atoms with Crippen molar-refractivity contribution in [2.24, 2.45) is 0 Å². The van der Waals surface area contributed by atoms with Crippen LogP contribution in [0.3, 0.4) is 0 Å². The van der Waals surface area contributed by atoms with Gasteiger partial charge in [0.15, 0.2) is 0 Å². The molecule has 3 aromatic rings. The van der Waals surface area contributed by atoms with Gasteiger partial charge in [-0.1, -0.05) is 36.4 Å². The molecule has 0 aromatic heterocycles. The Balaban J connectivity index is 1.65. The van der Waals surface area contributed by atoms with Gasteiger partial charge in [0.1, 0.15) is 11.6 Å². The van der Waals surface area contributed by atoms with E-state index in [9.17, 15) is 22.4 Å². The maximum atomic E-state index is 12.9. The van der Waals surface area contributed by atoms with E-state index in [-0.39, 0.29) is 5.75 Å². The van der Waals surface area contributed by atoms with Crippen LogP contribution in [0, 0.1) is 5.82 Å². The molecule has 0 saturated carbocycles. The van der Waals surface area contributed by atoms with Gasteiger partial charge in [-0.3, -0.25) is 4.74 Å². The van der Waals surface area contributed by atoms with Crippen molar-refractivity contribution in [1.82, 2.24) is 0 Å². The van der Waals surface area contributed by atoms with E-state index in [0.717, 1.165) is 11.1 Å². The van der Waals surface area contributed by atoms with Gasteiger partial charge in [0, 0.05) is 0 Å². The predicted octanol–water partition coefficient (Wildman–Crippen LogP) is 5.75. The molecule has 0 aliphatic carbocycles. The number of hydrogen-bond acceptors (Lipinski definition) is 3. The number of halogens is 4. The van der Waals surface area contributed by atoms with Crippen LogP contribution in [0.1, 0.15) is 15.9 Å². The molecule has 0 atom stereocenters. The second kappa shape index (κ2) is 8.22. The van der Waals surface area contributed by atoms with Crippen LogP contribution in [0.25, 0.3) is 11.1 Å². The molecule has 0 spiro atoms. The second-order valence-corrected chi connectivity index (χ2v) is 5.85. The molecule has 0 unspecified atom stereocenters. The number of benzene rings is 3. The molecule has 7 heteroatoms. The summed E-state index contributed by atoms with van der Waals surface area (Å²) in [6.07, 6.45) is -4.67. The lowest BCUT2D eigenvalue weighted by atomic mass is 10.0. The van der Waals surface area contributed by atoms with Crippen molar-refractivity contribution in [1.29, 1.82) is 0 Å². The van der Waals surface area contributed by atoms with Crippen LogP contribution in [-0.4, -0.2) is 12.3 Å². The zero-order valence-corrected chi connectivity index (χ0v) is 14.4. The van der Waals surface area contributed by atoms with E-state index >= 15 is 0 Å². The molecule has 0 amide bonds. The molecule has 0 aliphatic heterocycles. The van der Waals surface area contributed by atoms with E-state index in [1.54, 1.807) is 36.4 Å². The first kappa shape index (κ1) is 19.6. The number of esters is 1. The van der Waals surface area contributed by atoms with E-state index in [2.05, 4.69) is 4.74 Å². The molecule has 0 fully saturated rings. The standard InChI is InChI=1S/C21H14F4O3/c22-18-9-11-19(12-10-18)28-20(26)17-7-5-16(6-8-17)15-3-1-14(2-4-15)13-27-21(23,24)25/h1-12H,13H2. The van der Waals surface area contributed by atoms with Crippen molar-refractivity contribution in [3.05, 3.63) is 89.7 Å². The van der Waals surface area contributed by atoms with Gasteiger partial charge in [-0.15, -0.1) is 13.2 Å². The minimum Gasteiger partial charge on any atom is -0.423 e. The molecule has 0 bridgehead atoms. The first-order valence-electron chi connectivity index (χ1n) is 8.18. The van der Waals surface area contributed by atoms with Crippen LogP contribution < -0.4 is 4.74 Å². The molecule has 0 saturated heterocycles. The van der Waals surface area contributed by atoms with Crippen molar-refractivity contribution < 1.29 is 31.8 Å². The third-order valence-corrected chi connectivity index (χ3v) is 3.83. The van der Waals surface area contributed by atoms with Gasteiger partial charge in [-0.25, -0.2) is 9.18 Å². The average Bonchev–Trinajstić information content (AvgIpc) is 2.68. The van der Waals surface area contributed by atoms with Crippen molar-refractivity contribution in [2.45, 2.75) is 13.0 Å². The Hall–Kier alpha value is -3.19. The molecule has 3 nitrogen and oxygen atoms in total. The van der Waals surface area contributed by atoms with E-state index in [1.165, 1.54) is 36.4 Å². The normalized spacial score (nSPS) is 11.3. The lowest BCUT2D eigenvalue weighted by molar-refractivity contribution is -0.330. The summed E-state index contributed by atoms with van der Waals surface area (Å²) in [7, 11) is 0. The van der Waals surface area contributed by atoms with Crippen molar-refractivity contribution in [3.63, 3.8) is 0 Å². The quantitative estimate of drug-likeness (QED) is 0.316. The molecule has 0 heterocycles. The Labute approximate surface area is 158 Å². The fraction of sp³-hybridized carbons (Fsp3) is 0.0952. The fourth-order valence-corrected chi connectivity index (χ4v) is 2.43.